The number of amides is 2. The predicted molar refractivity (Wildman–Crippen MR) is 120 cm³/mol. The molecule has 0 saturated carbocycles. The van der Waals surface area contributed by atoms with Crippen LogP contribution < -0.4 is 10.2 Å². The van der Waals surface area contributed by atoms with E-state index >= 15 is 0 Å². The number of benzene rings is 1. The van der Waals surface area contributed by atoms with E-state index in [0.29, 0.717) is 50.9 Å². The number of carbonyl (C=O) groups is 2. The summed E-state index contributed by atoms with van der Waals surface area (Å²) in [5, 5.41) is 2.85. The van der Waals surface area contributed by atoms with Crippen molar-refractivity contribution in [2.24, 2.45) is 5.92 Å². The van der Waals surface area contributed by atoms with Gasteiger partial charge in [0.2, 0.25) is 21.8 Å². The van der Waals surface area contributed by atoms with Gasteiger partial charge in [0.15, 0.2) is 0 Å². The van der Waals surface area contributed by atoms with Crippen LogP contribution in [0.2, 0.25) is 0 Å². The van der Waals surface area contributed by atoms with Gasteiger partial charge < -0.3 is 19.7 Å². The number of anilines is 1. The molecule has 2 saturated heterocycles. The molecule has 1 aromatic carbocycles. The van der Waals surface area contributed by atoms with Gasteiger partial charge in [0.1, 0.15) is 6.54 Å². The van der Waals surface area contributed by atoms with Crippen molar-refractivity contribution < 1.29 is 27.5 Å². The Morgan fingerprint density at radius 2 is 2.03 bits per heavy atom. The number of fused-ring (bicyclic) bond motifs is 1. The quantitative estimate of drug-likeness (QED) is 0.645. The molecular formula is C21H29N3O6S2. The van der Waals surface area contributed by atoms with E-state index in [4.69, 9.17) is 9.47 Å². The van der Waals surface area contributed by atoms with E-state index in [1.165, 1.54) is 27.0 Å². The van der Waals surface area contributed by atoms with Crippen LogP contribution in [0.5, 0.6) is 0 Å². The maximum absolute atomic E-state index is 13.2. The number of rotatable bonds is 6. The van der Waals surface area contributed by atoms with Gasteiger partial charge in [-0.15, -0.1) is 11.8 Å². The summed E-state index contributed by atoms with van der Waals surface area (Å²) in [7, 11) is -3.72. The molecule has 1 aromatic rings. The topological polar surface area (TPSA) is 105 Å². The first-order valence-electron chi connectivity index (χ1n) is 10.9. The normalized spacial score (nSPS) is 24.8. The first-order valence-corrected chi connectivity index (χ1v) is 13.3. The van der Waals surface area contributed by atoms with Gasteiger partial charge in [0.25, 0.3) is 0 Å². The van der Waals surface area contributed by atoms with Crippen molar-refractivity contribution in [3.63, 3.8) is 0 Å². The second-order valence-electron chi connectivity index (χ2n) is 8.22. The number of thioether (sulfide) groups is 1. The Hall–Kier alpha value is -1.66. The van der Waals surface area contributed by atoms with Gasteiger partial charge in [0.05, 0.1) is 29.9 Å². The van der Waals surface area contributed by atoms with E-state index < -0.39 is 10.0 Å². The molecule has 0 radical (unpaired) electrons. The lowest BCUT2D eigenvalue weighted by Crippen LogP contribution is -2.44. The van der Waals surface area contributed by atoms with Crippen LogP contribution in [0.4, 0.5) is 5.69 Å². The second kappa shape index (κ2) is 10.1. The van der Waals surface area contributed by atoms with Gasteiger partial charge in [-0.05, 0) is 31.0 Å². The lowest BCUT2D eigenvalue weighted by Gasteiger charge is -2.28. The third kappa shape index (κ3) is 5.12. The van der Waals surface area contributed by atoms with Crippen LogP contribution in [0.25, 0.3) is 0 Å². The Morgan fingerprint density at radius 1 is 1.25 bits per heavy atom. The number of sulfonamides is 1. The summed E-state index contributed by atoms with van der Waals surface area (Å²) in [5.74, 6) is -0.211. The second-order valence-corrected chi connectivity index (χ2v) is 11.2. The maximum Gasteiger partial charge on any atom is 0.243 e. The standard InChI is InChI=1S/C21H29N3O6S2/c1-15-14-31-19-5-4-17(32(27,28)23-6-9-29-10-7-23)11-18(19)24(21(15)26)13-20(25)22-12-16-3-2-8-30-16/h4-5,11,15-16H,2-3,6-10,12-14H2,1H3,(H,22,25). The molecule has 2 unspecified atom stereocenters. The molecule has 2 fully saturated rings. The third-order valence-corrected chi connectivity index (χ3v) is 9.08. The van der Waals surface area contributed by atoms with Crippen LogP contribution in [-0.4, -0.2) is 82.4 Å². The number of hydrogen-bond donors (Lipinski definition) is 1. The van der Waals surface area contributed by atoms with E-state index in [2.05, 4.69) is 5.32 Å². The first kappa shape index (κ1) is 23.5. The third-order valence-electron chi connectivity index (χ3n) is 5.86. The van der Waals surface area contributed by atoms with Crippen LogP contribution in [0.3, 0.4) is 0 Å². The number of carbonyl (C=O) groups excluding carboxylic acids is 2. The molecule has 3 aliphatic heterocycles. The van der Waals surface area contributed by atoms with Crippen LogP contribution in [0.1, 0.15) is 19.8 Å². The summed E-state index contributed by atoms with van der Waals surface area (Å²) in [5.41, 5.74) is 0.464. The highest BCUT2D eigenvalue weighted by molar-refractivity contribution is 7.99. The zero-order valence-electron chi connectivity index (χ0n) is 18.1. The molecule has 11 heteroatoms. The summed E-state index contributed by atoms with van der Waals surface area (Å²) in [6.45, 7) is 4.06. The van der Waals surface area contributed by atoms with Crippen molar-refractivity contribution in [2.75, 3.05) is 56.7 Å². The summed E-state index contributed by atoms with van der Waals surface area (Å²) >= 11 is 1.50. The summed E-state index contributed by atoms with van der Waals surface area (Å²) < 4.78 is 38.5. The Morgan fingerprint density at radius 3 is 2.75 bits per heavy atom. The number of ether oxygens (including phenoxy) is 2. The Kier molecular flexibility index (Phi) is 7.40. The lowest BCUT2D eigenvalue weighted by molar-refractivity contribution is -0.125. The Bertz CT molecular complexity index is 958. The zero-order valence-corrected chi connectivity index (χ0v) is 19.8. The van der Waals surface area contributed by atoms with Crippen molar-refractivity contribution in [2.45, 2.75) is 35.7 Å². The monoisotopic (exact) mass is 483 g/mol. The highest BCUT2D eigenvalue weighted by Crippen LogP contribution is 2.38. The molecule has 32 heavy (non-hydrogen) atoms. The molecule has 0 spiro atoms. The van der Waals surface area contributed by atoms with Gasteiger partial charge in [0, 0.05) is 42.8 Å². The molecule has 1 N–H and O–H groups in total. The van der Waals surface area contributed by atoms with Gasteiger partial charge in [-0.25, -0.2) is 8.42 Å². The molecule has 0 bridgehead atoms. The molecule has 9 nitrogen and oxygen atoms in total. The van der Waals surface area contributed by atoms with E-state index in [1.807, 2.05) is 6.92 Å². The molecule has 4 rings (SSSR count). The maximum atomic E-state index is 13.2. The van der Waals surface area contributed by atoms with Crippen LogP contribution in [0, 0.1) is 5.92 Å². The number of morpholine rings is 1. The van der Waals surface area contributed by atoms with Gasteiger partial charge in [-0.2, -0.15) is 4.31 Å². The van der Waals surface area contributed by atoms with Crippen molar-refractivity contribution >= 4 is 39.3 Å². The number of hydrogen-bond acceptors (Lipinski definition) is 7. The van der Waals surface area contributed by atoms with Gasteiger partial charge in [-0.1, -0.05) is 6.92 Å². The van der Waals surface area contributed by atoms with Crippen LogP contribution in [-0.2, 0) is 29.1 Å². The number of nitrogens with zero attached hydrogens (tertiary/aromatic N) is 2. The lowest BCUT2D eigenvalue weighted by atomic mass is 10.1. The molecular weight excluding hydrogens is 454 g/mol. The first-order chi connectivity index (χ1) is 15.4. The fourth-order valence-electron chi connectivity index (χ4n) is 3.99. The van der Waals surface area contributed by atoms with Gasteiger partial charge >= 0.3 is 0 Å². The minimum Gasteiger partial charge on any atom is -0.379 e. The molecule has 2 atom stereocenters. The Labute approximate surface area is 192 Å². The van der Waals surface area contributed by atoms with E-state index in [1.54, 1.807) is 12.1 Å². The predicted octanol–water partition coefficient (Wildman–Crippen LogP) is 1.08. The molecule has 176 valence electrons. The SMILES string of the molecule is CC1CSc2ccc(S(=O)(=O)N3CCOCC3)cc2N(CC(=O)NCC2CCCO2)C1=O. The van der Waals surface area contributed by atoms with E-state index in [9.17, 15) is 18.0 Å². The molecule has 3 aliphatic rings. The van der Waals surface area contributed by atoms with Crippen molar-refractivity contribution in [3.05, 3.63) is 18.2 Å². The fourth-order valence-corrected chi connectivity index (χ4v) is 6.47. The zero-order chi connectivity index (χ0) is 22.7. The summed E-state index contributed by atoms with van der Waals surface area (Å²) in [6, 6.07) is 4.83. The smallest absolute Gasteiger partial charge is 0.243 e. The minimum absolute atomic E-state index is 0.00539. The fraction of sp³-hybridized carbons (Fsp3) is 0.619. The molecule has 3 heterocycles. The Balaban J connectivity index is 1.58. The van der Waals surface area contributed by atoms with Crippen LogP contribution in [0.15, 0.2) is 28.0 Å². The number of nitrogens with one attached hydrogen (secondary N) is 1. The van der Waals surface area contributed by atoms with E-state index in [-0.39, 0.29) is 35.3 Å². The minimum atomic E-state index is -3.72. The molecule has 0 aliphatic carbocycles. The highest BCUT2D eigenvalue weighted by atomic mass is 32.2. The van der Waals surface area contributed by atoms with Crippen LogP contribution >= 0.6 is 11.8 Å². The largest absolute Gasteiger partial charge is 0.379 e. The van der Waals surface area contributed by atoms with Crippen molar-refractivity contribution in [1.29, 1.82) is 0 Å². The highest BCUT2D eigenvalue weighted by Gasteiger charge is 2.33. The summed E-state index contributed by atoms with van der Waals surface area (Å²) in [4.78, 5) is 28.1. The summed E-state index contributed by atoms with van der Waals surface area (Å²) in [6.07, 6.45) is 1.89. The van der Waals surface area contributed by atoms with Crippen molar-refractivity contribution in [1.82, 2.24) is 9.62 Å². The van der Waals surface area contributed by atoms with E-state index in [0.717, 1.165) is 17.7 Å². The molecule has 2 amide bonds. The average molecular weight is 484 g/mol. The van der Waals surface area contributed by atoms with Crippen molar-refractivity contribution in [3.8, 4) is 0 Å². The average Bonchev–Trinajstić information content (AvgIpc) is 3.30. The van der Waals surface area contributed by atoms with Gasteiger partial charge in [-0.3, -0.25) is 9.59 Å². The molecule has 0 aromatic heterocycles.